The number of hydrogen-bond acceptors (Lipinski definition) is 4. The summed E-state index contributed by atoms with van der Waals surface area (Å²) in [7, 11) is 0. The lowest BCUT2D eigenvalue weighted by Gasteiger charge is -2.27. The quantitative estimate of drug-likeness (QED) is 0.222. The summed E-state index contributed by atoms with van der Waals surface area (Å²) in [5.74, 6) is -0.830. The van der Waals surface area contributed by atoms with Gasteiger partial charge in [-0.25, -0.2) is 0 Å². The van der Waals surface area contributed by atoms with Gasteiger partial charge in [-0.15, -0.1) is 0 Å². The largest absolute Gasteiger partial charge is 0.507 e. The molecule has 3 aromatic rings. The van der Waals surface area contributed by atoms with Crippen LogP contribution in [0.25, 0.3) is 5.76 Å². The summed E-state index contributed by atoms with van der Waals surface area (Å²) in [6.45, 7) is 15.0. The molecule has 5 nitrogen and oxygen atoms in total. The van der Waals surface area contributed by atoms with Gasteiger partial charge in [0, 0.05) is 16.8 Å². The summed E-state index contributed by atoms with van der Waals surface area (Å²) in [4.78, 5) is 28.5. The van der Waals surface area contributed by atoms with Crippen LogP contribution < -0.4 is 9.64 Å². The highest BCUT2D eigenvalue weighted by atomic mass is 16.5. The number of carbonyl (C=O) groups excluding carboxylic acids is 2. The molecular formula is C33H37NO4. The zero-order valence-electron chi connectivity index (χ0n) is 23.3. The van der Waals surface area contributed by atoms with E-state index in [-0.39, 0.29) is 22.2 Å². The fourth-order valence-electron chi connectivity index (χ4n) is 4.87. The highest BCUT2D eigenvalue weighted by molar-refractivity contribution is 6.51. The Balaban J connectivity index is 1.90. The van der Waals surface area contributed by atoms with Crippen molar-refractivity contribution in [1.29, 1.82) is 0 Å². The SMILES string of the molecule is CCOc1ccc(/C(O)=C2/C(=O)C(=O)N(c3ccc(C(C)(C)C)cc3)C2c2ccccc2)cc1C(C)(C)C. The van der Waals surface area contributed by atoms with Gasteiger partial charge >= 0.3 is 0 Å². The number of carbonyl (C=O) groups is 2. The predicted octanol–water partition coefficient (Wildman–Crippen LogP) is 7.31. The van der Waals surface area contributed by atoms with Crippen LogP contribution in [0.3, 0.4) is 0 Å². The molecule has 1 unspecified atom stereocenters. The van der Waals surface area contributed by atoms with Gasteiger partial charge < -0.3 is 9.84 Å². The standard InChI is InChI=1S/C33H37NO4/c1-8-38-26-19-14-22(20-25(26)33(5,6)7)29(35)27-28(21-12-10-9-11-13-21)34(31(37)30(27)36)24-17-15-23(16-18-24)32(2,3)4/h9-20,28,35H,8H2,1-7H3/b29-27-. The minimum absolute atomic E-state index is 0.0516. The van der Waals surface area contributed by atoms with Crippen LogP contribution in [-0.4, -0.2) is 23.4 Å². The Labute approximate surface area is 225 Å². The number of aliphatic hydroxyl groups is 1. The fraction of sp³-hybridized carbons (Fsp3) is 0.333. The van der Waals surface area contributed by atoms with Gasteiger partial charge in [-0.3, -0.25) is 14.5 Å². The molecule has 3 aromatic carbocycles. The maximum atomic E-state index is 13.5. The Morgan fingerprint density at radius 2 is 1.50 bits per heavy atom. The Morgan fingerprint density at radius 3 is 2.05 bits per heavy atom. The van der Waals surface area contributed by atoms with Crippen LogP contribution in [0.4, 0.5) is 5.69 Å². The first-order valence-corrected chi connectivity index (χ1v) is 13.1. The van der Waals surface area contributed by atoms with Gasteiger partial charge in [-0.2, -0.15) is 0 Å². The maximum absolute atomic E-state index is 13.5. The maximum Gasteiger partial charge on any atom is 0.300 e. The first kappa shape index (κ1) is 27.2. The molecule has 4 rings (SSSR count). The minimum Gasteiger partial charge on any atom is -0.507 e. The number of rotatable bonds is 5. The van der Waals surface area contributed by atoms with E-state index in [0.29, 0.717) is 17.9 Å². The molecule has 1 heterocycles. The summed E-state index contributed by atoms with van der Waals surface area (Å²) >= 11 is 0. The van der Waals surface area contributed by atoms with Crippen molar-refractivity contribution in [2.75, 3.05) is 11.5 Å². The van der Waals surface area contributed by atoms with Crippen molar-refractivity contribution in [3.63, 3.8) is 0 Å². The van der Waals surface area contributed by atoms with E-state index in [1.807, 2.05) is 73.7 Å². The van der Waals surface area contributed by atoms with Crippen molar-refractivity contribution in [3.8, 4) is 5.75 Å². The number of amides is 1. The van der Waals surface area contributed by atoms with Crippen LogP contribution in [0.1, 0.15) is 76.8 Å². The van der Waals surface area contributed by atoms with Crippen LogP contribution in [-0.2, 0) is 20.4 Å². The molecular weight excluding hydrogens is 474 g/mol. The third-order valence-electron chi connectivity index (χ3n) is 6.93. The third-order valence-corrected chi connectivity index (χ3v) is 6.93. The van der Waals surface area contributed by atoms with Gasteiger partial charge in [0.25, 0.3) is 11.7 Å². The molecule has 38 heavy (non-hydrogen) atoms. The Hall–Kier alpha value is -3.86. The molecule has 0 saturated carbocycles. The molecule has 1 N–H and O–H groups in total. The first-order chi connectivity index (χ1) is 17.8. The molecule has 1 fully saturated rings. The first-order valence-electron chi connectivity index (χ1n) is 13.1. The van der Waals surface area contributed by atoms with E-state index in [4.69, 9.17) is 4.74 Å². The van der Waals surface area contributed by atoms with Gasteiger partial charge in [0.1, 0.15) is 11.5 Å². The second-order valence-corrected chi connectivity index (χ2v) is 11.8. The molecule has 1 aliphatic rings. The van der Waals surface area contributed by atoms with Gasteiger partial charge in [0.05, 0.1) is 18.2 Å². The Bertz CT molecular complexity index is 1370. The number of ether oxygens (including phenoxy) is 1. The molecule has 0 radical (unpaired) electrons. The smallest absolute Gasteiger partial charge is 0.300 e. The van der Waals surface area contributed by atoms with E-state index in [1.54, 1.807) is 6.07 Å². The third kappa shape index (κ3) is 5.10. The highest BCUT2D eigenvalue weighted by Crippen LogP contribution is 2.43. The second kappa shape index (κ2) is 10.1. The Morgan fingerprint density at radius 1 is 0.868 bits per heavy atom. The topological polar surface area (TPSA) is 66.8 Å². The molecule has 1 amide bonds. The van der Waals surface area contributed by atoms with E-state index in [0.717, 1.165) is 22.4 Å². The molecule has 5 heteroatoms. The van der Waals surface area contributed by atoms with E-state index < -0.39 is 17.7 Å². The van der Waals surface area contributed by atoms with Crippen molar-refractivity contribution >= 4 is 23.1 Å². The summed E-state index contributed by atoms with van der Waals surface area (Å²) in [5.41, 5.74) is 3.62. The summed E-state index contributed by atoms with van der Waals surface area (Å²) in [6, 6.07) is 21.7. The molecule has 1 atom stereocenters. The normalized spacial score (nSPS) is 17.7. The molecule has 198 valence electrons. The van der Waals surface area contributed by atoms with Crippen molar-refractivity contribution in [2.45, 2.75) is 65.3 Å². The average Bonchev–Trinajstić information content (AvgIpc) is 3.13. The number of ketones is 1. The number of hydrogen-bond donors (Lipinski definition) is 1. The van der Waals surface area contributed by atoms with Crippen molar-refractivity contribution < 1.29 is 19.4 Å². The van der Waals surface area contributed by atoms with Crippen LogP contribution in [0.2, 0.25) is 0 Å². The van der Waals surface area contributed by atoms with Crippen LogP contribution in [0.5, 0.6) is 5.75 Å². The van der Waals surface area contributed by atoms with E-state index >= 15 is 0 Å². The monoisotopic (exact) mass is 511 g/mol. The summed E-state index contributed by atoms with van der Waals surface area (Å²) < 4.78 is 5.83. The van der Waals surface area contributed by atoms with Gasteiger partial charge in [-0.05, 0) is 59.2 Å². The zero-order chi connectivity index (χ0) is 27.8. The molecule has 0 bridgehead atoms. The molecule has 0 aromatic heterocycles. The van der Waals surface area contributed by atoms with E-state index in [2.05, 4.69) is 41.5 Å². The lowest BCUT2D eigenvalue weighted by molar-refractivity contribution is -0.132. The number of aliphatic hydroxyl groups excluding tert-OH is 1. The molecule has 1 saturated heterocycles. The lowest BCUT2D eigenvalue weighted by atomic mass is 9.84. The predicted molar refractivity (Wildman–Crippen MR) is 153 cm³/mol. The molecule has 0 aliphatic carbocycles. The van der Waals surface area contributed by atoms with E-state index in [1.165, 1.54) is 4.90 Å². The van der Waals surface area contributed by atoms with Crippen LogP contribution in [0, 0.1) is 0 Å². The Kier molecular flexibility index (Phi) is 7.24. The van der Waals surface area contributed by atoms with Crippen LogP contribution >= 0.6 is 0 Å². The van der Waals surface area contributed by atoms with Crippen LogP contribution in [0.15, 0.2) is 78.4 Å². The minimum atomic E-state index is -0.763. The lowest BCUT2D eigenvalue weighted by Crippen LogP contribution is -2.29. The van der Waals surface area contributed by atoms with Gasteiger partial charge in [0.15, 0.2) is 0 Å². The highest BCUT2D eigenvalue weighted by Gasteiger charge is 2.47. The molecule has 0 spiro atoms. The van der Waals surface area contributed by atoms with Gasteiger partial charge in [-0.1, -0.05) is 84.0 Å². The van der Waals surface area contributed by atoms with Crippen molar-refractivity contribution in [2.24, 2.45) is 0 Å². The summed E-state index contributed by atoms with van der Waals surface area (Å²) in [5, 5.41) is 11.6. The number of Topliss-reactive ketones (excluding diaryl/α,β-unsaturated/α-hetero) is 1. The van der Waals surface area contributed by atoms with Crippen molar-refractivity contribution in [1.82, 2.24) is 0 Å². The molecule has 1 aliphatic heterocycles. The number of nitrogens with zero attached hydrogens (tertiary/aromatic N) is 1. The second-order valence-electron chi connectivity index (χ2n) is 11.8. The van der Waals surface area contributed by atoms with Crippen molar-refractivity contribution in [3.05, 3.63) is 101 Å². The van der Waals surface area contributed by atoms with E-state index in [9.17, 15) is 14.7 Å². The summed E-state index contributed by atoms with van der Waals surface area (Å²) in [6.07, 6.45) is 0. The number of benzene rings is 3. The fourth-order valence-corrected chi connectivity index (χ4v) is 4.87. The number of anilines is 1. The van der Waals surface area contributed by atoms with Gasteiger partial charge in [0.2, 0.25) is 0 Å². The zero-order valence-corrected chi connectivity index (χ0v) is 23.3. The average molecular weight is 512 g/mol.